The molecule has 0 aromatic heterocycles. The molecule has 1 saturated heterocycles. The summed E-state index contributed by atoms with van der Waals surface area (Å²) in [5, 5.41) is 3.39. The zero-order chi connectivity index (χ0) is 13.8. The molecule has 3 rings (SSSR count). The van der Waals surface area contributed by atoms with Gasteiger partial charge in [-0.25, -0.2) is 0 Å². The Hall–Kier alpha value is -0.970. The van der Waals surface area contributed by atoms with Crippen LogP contribution in [-0.4, -0.2) is 44.3 Å². The summed E-state index contributed by atoms with van der Waals surface area (Å²) in [4.78, 5) is 2.51. The molecular weight excluding hydrogens is 288 g/mol. The van der Waals surface area contributed by atoms with Crippen LogP contribution in [0.1, 0.15) is 24.8 Å². The second-order valence-electron chi connectivity index (χ2n) is 5.66. The van der Waals surface area contributed by atoms with Gasteiger partial charge in [-0.2, -0.15) is 0 Å². The van der Waals surface area contributed by atoms with Gasteiger partial charge in [0.2, 0.25) is 0 Å². The van der Waals surface area contributed by atoms with Crippen LogP contribution in [-0.2, 0) is 6.54 Å². The highest BCUT2D eigenvalue weighted by Crippen LogP contribution is 2.34. The van der Waals surface area contributed by atoms with Crippen LogP contribution in [0.15, 0.2) is 18.2 Å². The third kappa shape index (κ3) is 4.02. The Kier molecular flexibility index (Phi) is 6.15. The fourth-order valence-electron chi connectivity index (χ4n) is 3.05. The maximum absolute atomic E-state index is 5.91. The predicted octanol–water partition coefficient (Wildman–Crippen LogP) is 2.45. The molecule has 1 unspecified atom stereocenters. The lowest BCUT2D eigenvalue weighted by molar-refractivity contribution is 0.185. The molecular formula is C16H25ClN2O2. The average molecular weight is 313 g/mol. The molecule has 1 atom stereocenters. The number of likely N-dealkylation sites (N-methyl/N-ethyl adjacent to an activating group) is 1. The Bertz CT molecular complexity index is 456. The molecule has 0 aliphatic carbocycles. The van der Waals surface area contributed by atoms with E-state index in [1.54, 1.807) is 0 Å². The van der Waals surface area contributed by atoms with E-state index in [-0.39, 0.29) is 12.4 Å². The van der Waals surface area contributed by atoms with E-state index in [0.29, 0.717) is 6.04 Å². The highest BCUT2D eigenvalue weighted by Gasteiger charge is 2.21. The second-order valence-corrected chi connectivity index (χ2v) is 5.66. The van der Waals surface area contributed by atoms with Crippen LogP contribution < -0.4 is 14.8 Å². The first kappa shape index (κ1) is 16.4. The van der Waals surface area contributed by atoms with Gasteiger partial charge in [0.1, 0.15) is 0 Å². The molecule has 2 aliphatic heterocycles. The summed E-state index contributed by atoms with van der Waals surface area (Å²) >= 11 is 0. The molecule has 0 spiro atoms. The first-order valence-electron chi connectivity index (χ1n) is 7.64. The van der Waals surface area contributed by atoms with Crippen LogP contribution in [0, 0.1) is 0 Å². The Labute approximate surface area is 133 Å². The van der Waals surface area contributed by atoms with Gasteiger partial charge in [-0.3, -0.25) is 4.90 Å². The van der Waals surface area contributed by atoms with E-state index >= 15 is 0 Å². The Morgan fingerprint density at radius 1 is 1.24 bits per heavy atom. The smallest absolute Gasteiger partial charge is 0.165 e. The van der Waals surface area contributed by atoms with Crippen LogP contribution in [0.2, 0.25) is 0 Å². The van der Waals surface area contributed by atoms with Crippen LogP contribution in [0.25, 0.3) is 0 Å². The molecule has 21 heavy (non-hydrogen) atoms. The molecule has 118 valence electrons. The van der Waals surface area contributed by atoms with Crippen molar-refractivity contribution in [3.05, 3.63) is 23.8 Å². The van der Waals surface area contributed by atoms with Gasteiger partial charge in [0, 0.05) is 31.1 Å². The zero-order valence-corrected chi connectivity index (χ0v) is 13.5. The van der Waals surface area contributed by atoms with Crippen molar-refractivity contribution in [3.8, 4) is 11.5 Å². The minimum Gasteiger partial charge on any atom is -0.490 e. The van der Waals surface area contributed by atoms with Crippen molar-refractivity contribution in [3.63, 3.8) is 0 Å². The molecule has 0 radical (unpaired) electrons. The maximum atomic E-state index is 5.91. The number of hydrogen-bond acceptors (Lipinski definition) is 4. The van der Waals surface area contributed by atoms with Crippen LogP contribution in [0.5, 0.6) is 11.5 Å². The maximum Gasteiger partial charge on any atom is 0.165 e. The topological polar surface area (TPSA) is 33.7 Å². The third-order valence-electron chi connectivity index (χ3n) is 4.16. The SMILES string of the molecule is CNC1CCCN(Cc2cccc3c2OCCCO3)C1.Cl. The molecule has 4 nitrogen and oxygen atoms in total. The lowest BCUT2D eigenvalue weighted by atomic mass is 10.0. The van der Waals surface area contributed by atoms with Gasteiger partial charge >= 0.3 is 0 Å². The Morgan fingerprint density at radius 2 is 2.10 bits per heavy atom. The first-order valence-corrected chi connectivity index (χ1v) is 7.64. The van der Waals surface area contributed by atoms with Crippen LogP contribution in [0.4, 0.5) is 0 Å². The molecule has 2 aliphatic rings. The molecule has 2 heterocycles. The normalized spacial score (nSPS) is 22.2. The van der Waals surface area contributed by atoms with Crippen molar-refractivity contribution < 1.29 is 9.47 Å². The molecule has 1 aromatic rings. The van der Waals surface area contributed by atoms with E-state index in [1.165, 1.54) is 24.9 Å². The number of benzene rings is 1. The first-order chi connectivity index (χ1) is 9.86. The van der Waals surface area contributed by atoms with Crippen LogP contribution >= 0.6 is 12.4 Å². The fourth-order valence-corrected chi connectivity index (χ4v) is 3.05. The highest BCUT2D eigenvalue weighted by molar-refractivity contribution is 5.85. The van der Waals surface area contributed by atoms with Gasteiger partial charge in [-0.15, -0.1) is 12.4 Å². The Balaban J connectivity index is 0.00000161. The fraction of sp³-hybridized carbons (Fsp3) is 0.625. The molecule has 5 heteroatoms. The van der Waals surface area contributed by atoms with E-state index in [1.807, 2.05) is 6.07 Å². The minimum atomic E-state index is 0. The quantitative estimate of drug-likeness (QED) is 0.929. The zero-order valence-electron chi connectivity index (χ0n) is 12.6. The van der Waals surface area contributed by atoms with Gasteiger partial charge in [-0.05, 0) is 32.5 Å². The predicted molar refractivity (Wildman–Crippen MR) is 86.7 cm³/mol. The van der Waals surface area contributed by atoms with E-state index in [2.05, 4.69) is 29.4 Å². The largest absolute Gasteiger partial charge is 0.490 e. The van der Waals surface area contributed by atoms with E-state index in [9.17, 15) is 0 Å². The summed E-state index contributed by atoms with van der Waals surface area (Å²) in [6.07, 6.45) is 3.50. The molecule has 0 amide bonds. The number of para-hydroxylation sites is 1. The lowest BCUT2D eigenvalue weighted by Gasteiger charge is -2.32. The van der Waals surface area contributed by atoms with E-state index in [4.69, 9.17) is 9.47 Å². The number of fused-ring (bicyclic) bond motifs is 1. The van der Waals surface area contributed by atoms with Crippen molar-refractivity contribution in [2.75, 3.05) is 33.4 Å². The van der Waals surface area contributed by atoms with Crippen molar-refractivity contribution in [1.29, 1.82) is 0 Å². The summed E-state index contributed by atoms with van der Waals surface area (Å²) in [6.45, 7) is 4.74. The number of halogens is 1. The molecule has 1 fully saturated rings. The number of nitrogens with zero attached hydrogens (tertiary/aromatic N) is 1. The van der Waals surface area contributed by atoms with Crippen molar-refractivity contribution in [2.24, 2.45) is 0 Å². The van der Waals surface area contributed by atoms with E-state index < -0.39 is 0 Å². The van der Waals surface area contributed by atoms with Crippen molar-refractivity contribution >= 4 is 12.4 Å². The lowest BCUT2D eigenvalue weighted by Crippen LogP contribution is -2.43. The van der Waals surface area contributed by atoms with Crippen molar-refractivity contribution in [2.45, 2.75) is 31.8 Å². The number of nitrogens with one attached hydrogen (secondary N) is 1. The van der Waals surface area contributed by atoms with Gasteiger partial charge in [0.05, 0.1) is 13.2 Å². The number of likely N-dealkylation sites (tertiary alicyclic amines) is 1. The van der Waals surface area contributed by atoms with Crippen LogP contribution in [0.3, 0.4) is 0 Å². The number of ether oxygens (including phenoxy) is 2. The summed E-state index contributed by atoms with van der Waals surface area (Å²) in [6, 6.07) is 6.86. The number of rotatable bonds is 3. The summed E-state index contributed by atoms with van der Waals surface area (Å²) in [5.41, 5.74) is 1.25. The third-order valence-corrected chi connectivity index (χ3v) is 4.16. The molecule has 0 saturated carbocycles. The van der Waals surface area contributed by atoms with Gasteiger partial charge < -0.3 is 14.8 Å². The van der Waals surface area contributed by atoms with Gasteiger partial charge in [0.25, 0.3) is 0 Å². The highest BCUT2D eigenvalue weighted by atomic mass is 35.5. The summed E-state index contributed by atoms with van der Waals surface area (Å²) in [5.74, 6) is 1.86. The Morgan fingerprint density at radius 3 is 2.95 bits per heavy atom. The standard InChI is InChI=1S/C16H24N2O2.ClH/c1-17-14-6-3-8-18(12-14)11-13-5-2-7-15-16(13)20-10-4-9-19-15;/h2,5,7,14,17H,3-4,6,8-12H2,1H3;1H. The minimum absolute atomic E-state index is 0. The monoisotopic (exact) mass is 312 g/mol. The number of piperidine rings is 1. The molecule has 1 N–H and O–H groups in total. The number of hydrogen-bond donors (Lipinski definition) is 1. The molecule has 0 bridgehead atoms. The van der Waals surface area contributed by atoms with E-state index in [0.717, 1.165) is 44.2 Å². The van der Waals surface area contributed by atoms with Gasteiger partial charge in [-0.1, -0.05) is 12.1 Å². The molecule has 1 aromatic carbocycles. The average Bonchev–Trinajstić information content (AvgIpc) is 2.73. The summed E-state index contributed by atoms with van der Waals surface area (Å²) < 4.78 is 11.7. The van der Waals surface area contributed by atoms with Crippen molar-refractivity contribution in [1.82, 2.24) is 10.2 Å². The second kappa shape index (κ2) is 7.87. The summed E-state index contributed by atoms with van der Waals surface area (Å²) in [7, 11) is 2.06. The van der Waals surface area contributed by atoms with Gasteiger partial charge in [0.15, 0.2) is 11.5 Å².